The van der Waals surface area contributed by atoms with Gasteiger partial charge < -0.3 is 4.74 Å². The molecule has 2 rings (SSSR count). The van der Waals surface area contributed by atoms with Gasteiger partial charge in [-0.2, -0.15) is 12.7 Å². The Morgan fingerprint density at radius 3 is 2.62 bits per heavy atom. The molecule has 1 N–H and O–H groups in total. The Kier molecular flexibility index (Phi) is 2.96. The molecular formula is C9H11ClN2O3S. The highest BCUT2D eigenvalue weighted by Crippen LogP contribution is 2.28. The molecule has 1 aromatic rings. The van der Waals surface area contributed by atoms with Crippen LogP contribution in [0.4, 0.5) is 5.69 Å². The lowest BCUT2D eigenvalue weighted by atomic mass is 10.3. The quantitative estimate of drug-likeness (QED) is 0.833. The van der Waals surface area contributed by atoms with E-state index in [4.69, 9.17) is 16.3 Å². The number of benzene rings is 1. The number of anilines is 1. The number of hydrogen-bond donors (Lipinski definition) is 1. The van der Waals surface area contributed by atoms with Gasteiger partial charge in [-0.05, 0) is 12.1 Å². The summed E-state index contributed by atoms with van der Waals surface area (Å²) in [5, 5.41) is 0.310. The van der Waals surface area contributed by atoms with Crippen molar-refractivity contribution in [3.8, 4) is 5.75 Å². The van der Waals surface area contributed by atoms with Gasteiger partial charge in [-0.15, -0.1) is 0 Å². The van der Waals surface area contributed by atoms with Gasteiger partial charge in [-0.1, -0.05) is 11.6 Å². The van der Waals surface area contributed by atoms with Crippen molar-refractivity contribution in [2.75, 3.05) is 24.9 Å². The molecule has 5 nitrogen and oxygen atoms in total. The minimum absolute atomic E-state index is 0.310. The van der Waals surface area contributed by atoms with E-state index in [0.29, 0.717) is 29.5 Å². The van der Waals surface area contributed by atoms with Crippen molar-refractivity contribution in [3.63, 3.8) is 0 Å². The number of nitrogens with zero attached hydrogens (tertiary/aromatic N) is 1. The SMILES string of the molecule is COc1ccc(NS(=O)(=O)N2CC2)c(Cl)c1. The maximum atomic E-state index is 11.6. The molecule has 16 heavy (non-hydrogen) atoms. The zero-order valence-electron chi connectivity index (χ0n) is 8.60. The van der Waals surface area contributed by atoms with Crippen molar-refractivity contribution < 1.29 is 13.2 Å². The van der Waals surface area contributed by atoms with Crippen LogP contribution in [0.2, 0.25) is 5.02 Å². The van der Waals surface area contributed by atoms with Gasteiger partial charge in [0.15, 0.2) is 0 Å². The highest BCUT2D eigenvalue weighted by molar-refractivity contribution is 7.90. The molecule has 1 heterocycles. The van der Waals surface area contributed by atoms with E-state index in [2.05, 4.69) is 4.72 Å². The largest absolute Gasteiger partial charge is 0.497 e. The van der Waals surface area contributed by atoms with Crippen LogP contribution in [0.5, 0.6) is 5.75 Å². The summed E-state index contributed by atoms with van der Waals surface area (Å²) < 4.78 is 31.9. The fourth-order valence-electron chi connectivity index (χ4n) is 1.19. The predicted molar refractivity (Wildman–Crippen MR) is 62.1 cm³/mol. The highest BCUT2D eigenvalue weighted by Gasteiger charge is 2.32. The lowest BCUT2D eigenvalue weighted by Crippen LogP contribution is -2.21. The molecule has 0 spiro atoms. The molecule has 1 aliphatic heterocycles. The standard InChI is InChI=1S/C9H11ClN2O3S/c1-15-7-2-3-9(8(10)6-7)11-16(13,14)12-4-5-12/h2-3,6,11H,4-5H2,1H3. The van der Waals surface area contributed by atoms with Gasteiger partial charge >= 0.3 is 10.2 Å². The Labute approximate surface area is 99.1 Å². The van der Waals surface area contributed by atoms with E-state index in [-0.39, 0.29) is 0 Å². The Hall–Kier alpha value is -0.980. The van der Waals surface area contributed by atoms with Crippen LogP contribution in [0, 0.1) is 0 Å². The zero-order valence-corrected chi connectivity index (χ0v) is 10.2. The van der Waals surface area contributed by atoms with Crippen LogP contribution in [0.25, 0.3) is 0 Å². The highest BCUT2D eigenvalue weighted by atomic mass is 35.5. The minimum atomic E-state index is -3.42. The first kappa shape index (κ1) is 11.5. The Balaban J connectivity index is 2.21. The van der Waals surface area contributed by atoms with Gasteiger partial charge in [0.2, 0.25) is 0 Å². The van der Waals surface area contributed by atoms with E-state index < -0.39 is 10.2 Å². The summed E-state index contributed by atoms with van der Waals surface area (Å²) in [4.78, 5) is 0. The molecule has 0 atom stereocenters. The lowest BCUT2D eigenvalue weighted by Gasteiger charge is -2.10. The number of hydrogen-bond acceptors (Lipinski definition) is 3. The second-order valence-corrected chi connectivity index (χ2v) is 5.43. The maximum Gasteiger partial charge on any atom is 0.301 e. The smallest absolute Gasteiger partial charge is 0.301 e. The Morgan fingerprint density at radius 2 is 2.12 bits per heavy atom. The predicted octanol–water partition coefficient (Wildman–Crippen LogP) is 1.32. The third-order valence-corrected chi connectivity index (χ3v) is 4.00. The lowest BCUT2D eigenvalue weighted by molar-refractivity contribution is 0.415. The molecular weight excluding hydrogens is 252 g/mol. The third kappa shape index (κ3) is 2.40. The normalized spacial score (nSPS) is 15.9. The minimum Gasteiger partial charge on any atom is -0.497 e. The number of halogens is 1. The molecule has 0 aromatic heterocycles. The number of methoxy groups -OCH3 is 1. The van der Waals surface area contributed by atoms with Crippen molar-refractivity contribution in [2.24, 2.45) is 0 Å². The van der Waals surface area contributed by atoms with Gasteiger partial charge in [0, 0.05) is 19.2 Å². The van der Waals surface area contributed by atoms with Crippen LogP contribution in [0.15, 0.2) is 18.2 Å². The molecule has 0 aliphatic carbocycles. The van der Waals surface area contributed by atoms with Crippen molar-refractivity contribution in [2.45, 2.75) is 0 Å². The molecule has 88 valence electrons. The molecule has 0 saturated carbocycles. The molecule has 0 amide bonds. The zero-order chi connectivity index (χ0) is 11.8. The summed E-state index contributed by atoms with van der Waals surface area (Å²) in [5.41, 5.74) is 0.356. The summed E-state index contributed by atoms with van der Waals surface area (Å²) >= 11 is 5.91. The molecule has 1 fully saturated rings. The first-order valence-electron chi connectivity index (χ1n) is 4.64. The summed E-state index contributed by atoms with van der Waals surface area (Å²) in [7, 11) is -1.90. The van der Waals surface area contributed by atoms with Crippen molar-refractivity contribution in [1.29, 1.82) is 0 Å². The molecule has 1 aliphatic rings. The summed E-state index contributed by atoms with van der Waals surface area (Å²) in [6.45, 7) is 1.12. The number of nitrogens with one attached hydrogen (secondary N) is 1. The molecule has 0 radical (unpaired) electrons. The van der Waals surface area contributed by atoms with E-state index in [0.717, 1.165) is 0 Å². The van der Waals surface area contributed by atoms with Gasteiger partial charge in [0.1, 0.15) is 5.75 Å². The Bertz CT molecular complexity index is 499. The van der Waals surface area contributed by atoms with Crippen molar-refractivity contribution in [3.05, 3.63) is 23.2 Å². The average molecular weight is 263 g/mol. The van der Waals surface area contributed by atoms with Gasteiger partial charge in [0.05, 0.1) is 17.8 Å². The van der Waals surface area contributed by atoms with Crippen LogP contribution < -0.4 is 9.46 Å². The topological polar surface area (TPSA) is 58.4 Å². The van der Waals surface area contributed by atoms with Gasteiger partial charge in [0.25, 0.3) is 0 Å². The molecule has 0 bridgehead atoms. The maximum absolute atomic E-state index is 11.6. The van der Waals surface area contributed by atoms with E-state index in [9.17, 15) is 8.42 Å². The first-order valence-corrected chi connectivity index (χ1v) is 6.46. The van der Waals surface area contributed by atoms with Crippen molar-refractivity contribution >= 4 is 27.5 Å². The van der Waals surface area contributed by atoms with Crippen molar-refractivity contribution in [1.82, 2.24) is 4.31 Å². The summed E-state index contributed by atoms with van der Waals surface area (Å²) in [6.07, 6.45) is 0. The monoisotopic (exact) mass is 262 g/mol. The second-order valence-electron chi connectivity index (χ2n) is 3.35. The molecule has 0 unspecified atom stereocenters. The molecule has 7 heteroatoms. The van der Waals surface area contributed by atoms with Crippen LogP contribution in [0.1, 0.15) is 0 Å². The number of rotatable bonds is 4. The Morgan fingerprint density at radius 1 is 1.44 bits per heavy atom. The molecule has 1 aromatic carbocycles. The summed E-state index contributed by atoms with van der Waals surface area (Å²) in [5.74, 6) is 0.583. The van der Waals surface area contributed by atoms with Crippen LogP contribution in [-0.2, 0) is 10.2 Å². The fraction of sp³-hybridized carbons (Fsp3) is 0.333. The van der Waals surface area contributed by atoms with E-state index in [1.54, 1.807) is 18.2 Å². The van der Waals surface area contributed by atoms with Crippen LogP contribution >= 0.6 is 11.6 Å². The first-order chi connectivity index (χ1) is 7.53. The fourth-order valence-corrected chi connectivity index (χ4v) is 2.61. The van der Waals surface area contributed by atoms with Crippen LogP contribution in [0.3, 0.4) is 0 Å². The van der Waals surface area contributed by atoms with Gasteiger partial charge in [-0.3, -0.25) is 4.72 Å². The van der Waals surface area contributed by atoms with E-state index in [1.807, 2.05) is 0 Å². The third-order valence-electron chi connectivity index (χ3n) is 2.16. The second kappa shape index (κ2) is 4.12. The van der Waals surface area contributed by atoms with E-state index in [1.165, 1.54) is 11.4 Å². The van der Waals surface area contributed by atoms with Gasteiger partial charge in [-0.25, -0.2) is 0 Å². The summed E-state index contributed by atoms with van der Waals surface area (Å²) in [6, 6.07) is 4.77. The van der Waals surface area contributed by atoms with E-state index >= 15 is 0 Å². The average Bonchev–Trinajstić information content (AvgIpc) is 3.04. The molecule has 1 saturated heterocycles. The number of ether oxygens (including phenoxy) is 1. The van der Waals surface area contributed by atoms with Crippen LogP contribution in [-0.4, -0.2) is 32.9 Å².